The third-order valence-corrected chi connectivity index (χ3v) is 3.49. The first kappa shape index (κ1) is 13.0. The largest absolute Gasteiger partial charge is 0.326 e. The van der Waals surface area contributed by atoms with Crippen LogP contribution in [0.5, 0.6) is 0 Å². The first-order valence-corrected chi connectivity index (χ1v) is 6.69. The average Bonchev–Trinajstić information content (AvgIpc) is 2.40. The fourth-order valence-corrected chi connectivity index (χ4v) is 2.38. The van der Waals surface area contributed by atoms with Crippen molar-refractivity contribution in [3.05, 3.63) is 24.0 Å². The highest BCUT2D eigenvalue weighted by atomic mass is 16.1. The van der Waals surface area contributed by atoms with Crippen molar-refractivity contribution in [1.82, 2.24) is 4.98 Å². The zero-order valence-electron chi connectivity index (χ0n) is 10.9. The molecule has 4 heteroatoms. The van der Waals surface area contributed by atoms with Gasteiger partial charge in [0.15, 0.2) is 0 Å². The zero-order chi connectivity index (χ0) is 13.0. The molecule has 1 aromatic rings. The lowest BCUT2D eigenvalue weighted by Gasteiger charge is -2.20. The number of nitrogens with zero attached hydrogens (tertiary/aromatic N) is 1. The maximum Gasteiger partial charge on any atom is 0.227 e. The van der Waals surface area contributed by atoms with Crippen molar-refractivity contribution >= 4 is 11.6 Å². The van der Waals surface area contributed by atoms with Crippen molar-refractivity contribution < 1.29 is 4.79 Å². The lowest BCUT2D eigenvalue weighted by Crippen LogP contribution is -2.24. The number of nitrogens with one attached hydrogen (secondary N) is 1. The minimum Gasteiger partial charge on any atom is -0.326 e. The van der Waals surface area contributed by atoms with Crippen LogP contribution in [-0.4, -0.2) is 10.9 Å². The summed E-state index contributed by atoms with van der Waals surface area (Å²) in [6, 6.07) is 3.55. The third kappa shape index (κ3) is 3.29. The van der Waals surface area contributed by atoms with Crippen molar-refractivity contribution in [3.63, 3.8) is 0 Å². The molecule has 1 atom stereocenters. The van der Waals surface area contributed by atoms with Gasteiger partial charge >= 0.3 is 0 Å². The van der Waals surface area contributed by atoms with Gasteiger partial charge in [0, 0.05) is 23.8 Å². The summed E-state index contributed by atoms with van der Waals surface area (Å²) < 4.78 is 0. The summed E-state index contributed by atoms with van der Waals surface area (Å²) >= 11 is 0. The number of aromatic nitrogens is 1. The fraction of sp³-hybridized carbons (Fsp3) is 0.571. The van der Waals surface area contributed by atoms with E-state index in [1.54, 1.807) is 6.20 Å². The van der Waals surface area contributed by atoms with Gasteiger partial charge in [-0.05, 0) is 31.9 Å². The number of rotatable bonds is 3. The van der Waals surface area contributed by atoms with E-state index in [0.29, 0.717) is 0 Å². The lowest BCUT2D eigenvalue weighted by atomic mass is 9.88. The van der Waals surface area contributed by atoms with Gasteiger partial charge in [-0.15, -0.1) is 0 Å². The Balaban J connectivity index is 1.99. The van der Waals surface area contributed by atoms with Crippen LogP contribution in [0.15, 0.2) is 18.3 Å². The number of nitrogens with two attached hydrogens (primary N) is 1. The number of hydrogen-bond donors (Lipinski definition) is 2. The minimum atomic E-state index is -0.114. The van der Waals surface area contributed by atoms with Crippen LogP contribution in [-0.2, 0) is 4.79 Å². The Morgan fingerprint density at radius 2 is 2.17 bits per heavy atom. The Hall–Kier alpha value is -1.42. The molecule has 1 amide bonds. The molecule has 1 heterocycles. The van der Waals surface area contributed by atoms with E-state index in [4.69, 9.17) is 5.73 Å². The van der Waals surface area contributed by atoms with E-state index in [2.05, 4.69) is 10.3 Å². The van der Waals surface area contributed by atoms with Crippen molar-refractivity contribution in [1.29, 1.82) is 0 Å². The number of pyridine rings is 1. The normalized spacial score (nSPS) is 18.3. The van der Waals surface area contributed by atoms with E-state index in [0.717, 1.165) is 24.2 Å². The van der Waals surface area contributed by atoms with E-state index in [1.165, 1.54) is 19.3 Å². The molecule has 4 nitrogen and oxygen atoms in total. The molecule has 1 fully saturated rings. The van der Waals surface area contributed by atoms with Crippen LogP contribution in [0.4, 0.5) is 5.69 Å². The van der Waals surface area contributed by atoms with E-state index in [9.17, 15) is 4.79 Å². The molecule has 3 N–H and O–H groups in total. The van der Waals surface area contributed by atoms with E-state index < -0.39 is 0 Å². The zero-order valence-corrected chi connectivity index (χ0v) is 10.9. The molecule has 0 aliphatic heterocycles. The predicted molar refractivity (Wildman–Crippen MR) is 72.0 cm³/mol. The van der Waals surface area contributed by atoms with Gasteiger partial charge < -0.3 is 11.1 Å². The highest BCUT2D eigenvalue weighted by molar-refractivity contribution is 5.92. The van der Waals surface area contributed by atoms with Gasteiger partial charge in [-0.3, -0.25) is 9.78 Å². The molecule has 98 valence electrons. The highest BCUT2D eigenvalue weighted by Crippen LogP contribution is 2.25. The summed E-state index contributed by atoms with van der Waals surface area (Å²) in [5.41, 5.74) is 7.38. The molecule has 0 saturated heterocycles. The van der Waals surface area contributed by atoms with Crippen molar-refractivity contribution in [3.8, 4) is 0 Å². The van der Waals surface area contributed by atoms with Crippen LogP contribution in [0.3, 0.4) is 0 Å². The Morgan fingerprint density at radius 1 is 1.44 bits per heavy atom. The molecule has 18 heavy (non-hydrogen) atoms. The molecule has 1 aliphatic carbocycles. The number of anilines is 1. The van der Waals surface area contributed by atoms with Gasteiger partial charge in [0.1, 0.15) is 0 Å². The summed E-state index contributed by atoms with van der Waals surface area (Å²) in [4.78, 5) is 16.3. The Morgan fingerprint density at radius 3 is 2.83 bits per heavy atom. The molecule has 0 aromatic carbocycles. The molecule has 1 aromatic heterocycles. The number of hydrogen-bond acceptors (Lipinski definition) is 3. The summed E-state index contributed by atoms with van der Waals surface area (Å²) in [5.74, 6) is 0.308. The summed E-state index contributed by atoms with van der Waals surface area (Å²) in [7, 11) is 0. The van der Waals surface area contributed by atoms with Gasteiger partial charge in [-0.1, -0.05) is 19.3 Å². The quantitative estimate of drug-likeness (QED) is 0.862. The van der Waals surface area contributed by atoms with Crippen LogP contribution in [0.25, 0.3) is 0 Å². The maximum absolute atomic E-state index is 12.1. The molecule has 0 spiro atoms. The van der Waals surface area contributed by atoms with Crippen LogP contribution >= 0.6 is 0 Å². The second-order valence-electron chi connectivity index (χ2n) is 5.08. The fourth-order valence-electron chi connectivity index (χ4n) is 2.38. The van der Waals surface area contributed by atoms with Gasteiger partial charge in [-0.2, -0.15) is 0 Å². The summed E-state index contributed by atoms with van der Waals surface area (Å²) in [6.45, 7) is 1.88. The van der Waals surface area contributed by atoms with Crippen molar-refractivity contribution in [2.24, 2.45) is 11.7 Å². The molecule has 2 rings (SSSR count). The molecule has 1 aliphatic rings. The first-order chi connectivity index (χ1) is 8.66. The van der Waals surface area contributed by atoms with Gasteiger partial charge in [-0.25, -0.2) is 0 Å². The maximum atomic E-state index is 12.1. The Kier molecular flexibility index (Phi) is 4.31. The second kappa shape index (κ2) is 5.96. The van der Waals surface area contributed by atoms with E-state index >= 15 is 0 Å². The monoisotopic (exact) mass is 247 g/mol. The molecule has 1 saturated carbocycles. The topological polar surface area (TPSA) is 68.0 Å². The standard InChI is InChI=1S/C14H21N3O/c1-10(15)13-9-12(7-8-16-13)17-14(18)11-5-3-2-4-6-11/h7-11H,2-6,15H2,1H3,(H,16,17,18)/t10-/m1/s1. The van der Waals surface area contributed by atoms with Crippen LogP contribution in [0.2, 0.25) is 0 Å². The van der Waals surface area contributed by atoms with Crippen molar-refractivity contribution in [2.45, 2.75) is 45.1 Å². The number of carbonyl (C=O) groups excluding carboxylic acids is 1. The number of carbonyl (C=O) groups is 1. The predicted octanol–water partition coefficient (Wildman–Crippen LogP) is 2.62. The Labute approximate surface area is 108 Å². The van der Waals surface area contributed by atoms with Crippen LogP contribution in [0, 0.1) is 5.92 Å². The molecule has 0 unspecified atom stereocenters. The first-order valence-electron chi connectivity index (χ1n) is 6.69. The van der Waals surface area contributed by atoms with Crippen molar-refractivity contribution in [2.75, 3.05) is 5.32 Å². The van der Waals surface area contributed by atoms with Gasteiger partial charge in [0.05, 0.1) is 5.69 Å². The molecular weight excluding hydrogens is 226 g/mol. The lowest BCUT2D eigenvalue weighted by molar-refractivity contribution is -0.120. The van der Waals surface area contributed by atoms with Crippen LogP contribution < -0.4 is 11.1 Å². The Bertz CT molecular complexity index is 411. The molecular formula is C14H21N3O. The van der Waals surface area contributed by atoms with Gasteiger partial charge in [0.2, 0.25) is 5.91 Å². The average molecular weight is 247 g/mol. The summed E-state index contributed by atoms with van der Waals surface area (Å²) in [6.07, 6.45) is 7.30. The third-order valence-electron chi connectivity index (χ3n) is 3.49. The van der Waals surface area contributed by atoms with E-state index in [-0.39, 0.29) is 17.9 Å². The SMILES string of the molecule is C[C@@H](N)c1cc(NC(=O)C2CCCCC2)ccn1. The smallest absolute Gasteiger partial charge is 0.227 e. The van der Waals surface area contributed by atoms with E-state index in [1.807, 2.05) is 19.1 Å². The second-order valence-corrected chi connectivity index (χ2v) is 5.08. The molecule has 0 bridgehead atoms. The van der Waals surface area contributed by atoms with Gasteiger partial charge in [0.25, 0.3) is 0 Å². The highest BCUT2D eigenvalue weighted by Gasteiger charge is 2.21. The minimum absolute atomic E-state index is 0.114. The molecule has 0 radical (unpaired) electrons. The summed E-state index contributed by atoms with van der Waals surface area (Å²) in [5, 5.41) is 2.97. The number of amides is 1. The van der Waals surface area contributed by atoms with Crippen LogP contribution in [0.1, 0.15) is 50.8 Å².